The lowest BCUT2D eigenvalue weighted by Gasteiger charge is -2.21. The van der Waals surface area contributed by atoms with Crippen LogP contribution in [-0.2, 0) is 4.79 Å². The van der Waals surface area contributed by atoms with Crippen LogP contribution in [0.25, 0.3) is 0 Å². The van der Waals surface area contributed by atoms with Gasteiger partial charge in [-0.3, -0.25) is 4.79 Å². The van der Waals surface area contributed by atoms with E-state index in [9.17, 15) is 14.7 Å². The van der Waals surface area contributed by atoms with Gasteiger partial charge in [0.05, 0.1) is 11.3 Å². The molecule has 0 saturated carbocycles. The van der Waals surface area contributed by atoms with Gasteiger partial charge in [0.2, 0.25) is 5.91 Å². The number of carboxylic acids is 1. The Kier molecular flexibility index (Phi) is 5.06. The van der Waals surface area contributed by atoms with E-state index in [1.54, 1.807) is 19.1 Å². The van der Waals surface area contributed by atoms with Crippen molar-refractivity contribution in [3.05, 3.63) is 29.3 Å². The molecule has 1 aromatic carbocycles. The Balaban J connectivity index is 2.05. The molecule has 0 aliphatic carbocycles. The molecule has 0 aromatic heterocycles. The number of nitrogens with one attached hydrogen (secondary N) is 1. The summed E-state index contributed by atoms with van der Waals surface area (Å²) in [7, 11) is 0. The number of thioether (sulfide) groups is 1. The molecule has 0 bridgehead atoms. The monoisotopic (exact) mass is 293 g/mol. The van der Waals surface area contributed by atoms with Crippen LogP contribution in [-0.4, -0.2) is 28.5 Å². The highest BCUT2D eigenvalue weighted by molar-refractivity contribution is 7.99. The van der Waals surface area contributed by atoms with Gasteiger partial charge in [0.1, 0.15) is 0 Å². The first-order valence-electron chi connectivity index (χ1n) is 6.78. The largest absolute Gasteiger partial charge is 0.478 e. The van der Waals surface area contributed by atoms with E-state index in [0.717, 1.165) is 29.9 Å². The number of para-hydroxylation sites is 1. The molecule has 0 atom stereocenters. The Morgan fingerprint density at radius 3 is 2.70 bits per heavy atom. The van der Waals surface area contributed by atoms with Crippen molar-refractivity contribution in [3.63, 3.8) is 0 Å². The predicted molar refractivity (Wildman–Crippen MR) is 81.4 cm³/mol. The molecule has 5 heteroatoms. The molecule has 2 N–H and O–H groups in total. The number of aromatic carboxylic acids is 1. The van der Waals surface area contributed by atoms with Gasteiger partial charge in [-0.15, -0.1) is 0 Å². The molecule has 2 rings (SSSR count). The zero-order chi connectivity index (χ0) is 14.5. The summed E-state index contributed by atoms with van der Waals surface area (Å²) in [5.74, 6) is 1.55. The van der Waals surface area contributed by atoms with Gasteiger partial charge in [0.15, 0.2) is 0 Å². The second kappa shape index (κ2) is 6.79. The summed E-state index contributed by atoms with van der Waals surface area (Å²) in [5.41, 5.74) is 1.35. The molecule has 1 fully saturated rings. The Morgan fingerprint density at radius 1 is 1.35 bits per heavy atom. The maximum atomic E-state index is 12.1. The van der Waals surface area contributed by atoms with Gasteiger partial charge in [-0.05, 0) is 48.8 Å². The van der Waals surface area contributed by atoms with Gasteiger partial charge in [0, 0.05) is 6.42 Å². The lowest BCUT2D eigenvalue weighted by Crippen LogP contribution is -2.21. The van der Waals surface area contributed by atoms with Crippen molar-refractivity contribution in [2.45, 2.75) is 26.2 Å². The van der Waals surface area contributed by atoms with Crippen LogP contribution in [0.3, 0.4) is 0 Å². The first-order valence-corrected chi connectivity index (χ1v) is 7.94. The number of carbonyl (C=O) groups excluding carboxylic acids is 1. The highest BCUT2D eigenvalue weighted by Crippen LogP contribution is 2.26. The lowest BCUT2D eigenvalue weighted by molar-refractivity contribution is -0.117. The molecule has 1 aliphatic rings. The summed E-state index contributed by atoms with van der Waals surface area (Å²) >= 11 is 1.93. The molecule has 1 saturated heterocycles. The zero-order valence-electron chi connectivity index (χ0n) is 11.5. The third-order valence-electron chi connectivity index (χ3n) is 3.58. The first kappa shape index (κ1) is 14.9. The number of carboxylic acid groups (broad SMARTS) is 1. The average molecular weight is 293 g/mol. The fraction of sp³-hybridized carbons (Fsp3) is 0.467. The molecule has 1 aliphatic heterocycles. The summed E-state index contributed by atoms with van der Waals surface area (Å²) in [6, 6.07) is 5.01. The lowest BCUT2D eigenvalue weighted by atomic mass is 9.98. The SMILES string of the molecule is Cc1cccc(C(=O)O)c1NC(=O)CC1CCSCC1. The molecule has 4 nitrogen and oxygen atoms in total. The van der Waals surface area contributed by atoms with Crippen molar-refractivity contribution in [1.82, 2.24) is 0 Å². The number of hydrogen-bond acceptors (Lipinski definition) is 3. The molecule has 1 heterocycles. The van der Waals surface area contributed by atoms with Gasteiger partial charge in [0.25, 0.3) is 0 Å². The van der Waals surface area contributed by atoms with Gasteiger partial charge < -0.3 is 10.4 Å². The van der Waals surface area contributed by atoms with E-state index in [1.807, 2.05) is 11.8 Å². The Labute approximate surface area is 123 Å². The number of benzene rings is 1. The zero-order valence-corrected chi connectivity index (χ0v) is 12.3. The second-order valence-electron chi connectivity index (χ2n) is 5.11. The maximum Gasteiger partial charge on any atom is 0.337 e. The summed E-state index contributed by atoms with van der Waals surface area (Å²) < 4.78 is 0. The third kappa shape index (κ3) is 3.76. The average Bonchev–Trinajstić information content (AvgIpc) is 2.42. The van der Waals surface area contributed by atoms with Crippen molar-refractivity contribution in [1.29, 1.82) is 0 Å². The molecule has 0 unspecified atom stereocenters. The normalized spacial score (nSPS) is 15.8. The molecule has 1 aromatic rings. The Bertz CT molecular complexity index is 510. The molecule has 0 spiro atoms. The van der Waals surface area contributed by atoms with Gasteiger partial charge >= 0.3 is 5.97 Å². The minimum absolute atomic E-state index is 0.0845. The summed E-state index contributed by atoms with van der Waals surface area (Å²) in [6.07, 6.45) is 2.61. The van der Waals surface area contributed by atoms with E-state index in [2.05, 4.69) is 5.32 Å². The number of anilines is 1. The van der Waals surface area contributed by atoms with Crippen LogP contribution in [0.1, 0.15) is 35.2 Å². The number of rotatable bonds is 4. The minimum atomic E-state index is -1.02. The third-order valence-corrected chi connectivity index (χ3v) is 4.63. The first-order chi connectivity index (χ1) is 9.58. The van der Waals surface area contributed by atoms with Crippen LogP contribution in [0.4, 0.5) is 5.69 Å². The predicted octanol–water partition coefficient (Wildman–Crippen LogP) is 3.17. The van der Waals surface area contributed by atoms with E-state index < -0.39 is 5.97 Å². The van der Waals surface area contributed by atoms with Crippen molar-refractivity contribution in [2.24, 2.45) is 5.92 Å². The van der Waals surface area contributed by atoms with Crippen LogP contribution in [0.15, 0.2) is 18.2 Å². The topological polar surface area (TPSA) is 66.4 Å². The molecule has 20 heavy (non-hydrogen) atoms. The Morgan fingerprint density at radius 2 is 2.05 bits per heavy atom. The summed E-state index contributed by atoms with van der Waals surface area (Å²) in [6.45, 7) is 1.80. The second-order valence-corrected chi connectivity index (χ2v) is 6.34. The number of amides is 1. The smallest absolute Gasteiger partial charge is 0.337 e. The van der Waals surface area contributed by atoms with E-state index in [1.165, 1.54) is 6.07 Å². The van der Waals surface area contributed by atoms with Crippen molar-refractivity contribution in [3.8, 4) is 0 Å². The van der Waals surface area contributed by atoms with Crippen LogP contribution in [0, 0.1) is 12.8 Å². The molecule has 1 amide bonds. The van der Waals surface area contributed by atoms with Crippen molar-refractivity contribution in [2.75, 3.05) is 16.8 Å². The summed E-state index contributed by atoms with van der Waals surface area (Å²) in [5, 5.41) is 12.0. The van der Waals surface area contributed by atoms with Crippen LogP contribution in [0.2, 0.25) is 0 Å². The number of carbonyl (C=O) groups is 2. The molecule has 0 radical (unpaired) electrons. The Hall–Kier alpha value is -1.49. The van der Waals surface area contributed by atoms with E-state index >= 15 is 0 Å². The van der Waals surface area contributed by atoms with Crippen LogP contribution in [0.5, 0.6) is 0 Å². The van der Waals surface area contributed by atoms with E-state index in [4.69, 9.17) is 0 Å². The fourth-order valence-corrected chi connectivity index (χ4v) is 3.62. The highest BCUT2D eigenvalue weighted by Gasteiger charge is 2.19. The van der Waals surface area contributed by atoms with Gasteiger partial charge in [-0.2, -0.15) is 11.8 Å². The summed E-state index contributed by atoms with van der Waals surface area (Å²) in [4.78, 5) is 23.3. The standard InChI is InChI=1S/C15H19NO3S/c1-10-3-2-4-12(15(18)19)14(10)16-13(17)9-11-5-7-20-8-6-11/h2-4,11H,5-9H2,1H3,(H,16,17)(H,18,19). The van der Waals surface area contributed by atoms with Crippen molar-refractivity contribution < 1.29 is 14.7 Å². The van der Waals surface area contributed by atoms with Gasteiger partial charge in [-0.25, -0.2) is 4.79 Å². The van der Waals surface area contributed by atoms with Gasteiger partial charge in [-0.1, -0.05) is 12.1 Å². The molecular weight excluding hydrogens is 274 g/mol. The number of hydrogen-bond donors (Lipinski definition) is 2. The van der Waals surface area contributed by atoms with E-state index in [0.29, 0.717) is 18.0 Å². The quantitative estimate of drug-likeness (QED) is 0.895. The maximum absolute atomic E-state index is 12.1. The highest BCUT2D eigenvalue weighted by atomic mass is 32.2. The number of aryl methyl sites for hydroxylation is 1. The van der Waals surface area contributed by atoms with Crippen LogP contribution < -0.4 is 5.32 Å². The minimum Gasteiger partial charge on any atom is -0.478 e. The molecule has 108 valence electrons. The molecular formula is C15H19NO3S. The fourth-order valence-electron chi connectivity index (χ4n) is 2.42. The van der Waals surface area contributed by atoms with E-state index in [-0.39, 0.29) is 11.5 Å². The van der Waals surface area contributed by atoms with Crippen LogP contribution >= 0.6 is 11.8 Å². The van der Waals surface area contributed by atoms with Crippen molar-refractivity contribution >= 4 is 29.3 Å².